The Bertz CT molecular complexity index is 842. The third-order valence-electron chi connectivity index (χ3n) is 5.79. The number of carbonyl (C=O) groups excluding carboxylic acids is 1. The van der Waals surface area contributed by atoms with Gasteiger partial charge in [0.15, 0.2) is 18.1 Å². The number of hydrogen-bond donors (Lipinski definition) is 1. The van der Waals surface area contributed by atoms with Gasteiger partial charge >= 0.3 is 0 Å². The van der Waals surface area contributed by atoms with Gasteiger partial charge in [0, 0.05) is 12.0 Å². The Kier molecular flexibility index (Phi) is 5.42. The van der Waals surface area contributed by atoms with Gasteiger partial charge in [-0.25, -0.2) is 0 Å². The molecule has 4 rings (SSSR count). The molecule has 2 aliphatic rings. The standard InChI is InChI=1S/C23H27NO4/c1-17-6-2-3-7-19(17)28-15-22(25)24-16-23(10-4-5-11-23)18-8-9-20-21(14-18)27-13-12-26-20/h2-3,6-9,14H,4-5,10-13,15-16H2,1H3,(H,24,25). The molecule has 148 valence electrons. The Balaban J connectivity index is 1.41. The molecule has 5 nitrogen and oxygen atoms in total. The Morgan fingerprint density at radius 2 is 1.82 bits per heavy atom. The third kappa shape index (κ3) is 3.93. The molecule has 2 aromatic carbocycles. The van der Waals surface area contributed by atoms with Crippen molar-refractivity contribution in [3.8, 4) is 17.2 Å². The highest BCUT2D eigenvalue weighted by Gasteiger charge is 2.36. The molecule has 1 N–H and O–H groups in total. The minimum atomic E-state index is -0.0907. The van der Waals surface area contributed by atoms with Gasteiger partial charge in [0.2, 0.25) is 0 Å². The van der Waals surface area contributed by atoms with Gasteiger partial charge in [-0.05, 0) is 49.1 Å². The predicted octanol–water partition coefficient (Wildman–Crippen LogP) is 3.77. The molecule has 1 amide bonds. The van der Waals surface area contributed by atoms with Crippen LogP contribution in [0.1, 0.15) is 36.8 Å². The zero-order chi connectivity index (χ0) is 19.4. The lowest BCUT2D eigenvalue weighted by Crippen LogP contribution is -2.41. The maximum Gasteiger partial charge on any atom is 0.257 e. The topological polar surface area (TPSA) is 56.8 Å². The second kappa shape index (κ2) is 8.13. The summed E-state index contributed by atoms with van der Waals surface area (Å²) in [6, 6.07) is 13.9. The average Bonchev–Trinajstić information content (AvgIpc) is 3.21. The van der Waals surface area contributed by atoms with Crippen LogP contribution in [0.25, 0.3) is 0 Å². The molecule has 2 aromatic rings. The van der Waals surface area contributed by atoms with Gasteiger partial charge in [-0.1, -0.05) is 37.1 Å². The van der Waals surface area contributed by atoms with E-state index in [4.69, 9.17) is 14.2 Å². The smallest absolute Gasteiger partial charge is 0.257 e. The third-order valence-corrected chi connectivity index (χ3v) is 5.79. The first-order chi connectivity index (χ1) is 13.7. The molecule has 28 heavy (non-hydrogen) atoms. The molecule has 0 unspecified atom stereocenters. The molecule has 0 bridgehead atoms. The molecule has 1 fully saturated rings. The molecular weight excluding hydrogens is 354 g/mol. The quantitative estimate of drug-likeness (QED) is 0.828. The summed E-state index contributed by atoms with van der Waals surface area (Å²) in [5.41, 5.74) is 2.20. The Morgan fingerprint density at radius 3 is 2.61 bits per heavy atom. The van der Waals surface area contributed by atoms with Crippen LogP contribution in [0.4, 0.5) is 0 Å². The number of amides is 1. The Hall–Kier alpha value is -2.69. The fourth-order valence-corrected chi connectivity index (χ4v) is 4.17. The Labute approximate surface area is 166 Å². The molecule has 1 aliphatic heterocycles. The number of benzene rings is 2. The highest BCUT2D eigenvalue weighted by Crippen LogP contribution is 2.43. The summed E-state index contributed by atoms with van der Waals surface area (Å²) in [6.07, 6.45) is 4.46. The summed E-state index contributed by atoms with van der Waals surface area (Å²) in [5.74, 6) is 2.27. The SMILES string of the molecule is Cc1ccccc1OCC(=O)NCC1(c2ccc3c(c2)OCCO3)CCCC1. The van der Waals surface area contributed by atoms with E-state index in [2.05, 4.69) is 17.4 Å². The van der Waals surface area contributed by atoms with Crippen molar-refractivity contribution in [2.24, 2.45) is 0 Å². The fourth-order valence-electron chi connectivity index (χ4n) is 4.17. The molecule has 0 saturated heterocycles. The summed E-state index contributed by atoms with van der Waals surface area (Å²) in [5, 5.41) is 3.10. The van der Waals surface area contributed by atoms with E-state index in [1.165, 1.54) is 18.4 Å². The highest BCUT2D eigenvalue weighted by atomic mass is 16.6. The number of ether oxygens (including phenoxy) is 3. The summed E-state index contributed by atoms with van der Waals surface area (Å²) in [7, 11) is 0. The molecule has 0 aromatic heterocycles. The van der Waals surface area contributed by atoms with Gasteiger partial charge in [0.05, 0.1) is 0 Å². The molecule has 0 atom stereocenters. The van der Waals surface area contributed by atoms with Crippen LogP contribution in [-0.2, 0) is 10.2 Å². The lowest BCUT2D eigenvalue weighted by Gasteiger charge is -2.31. The maximum absolute atomic E-state index is 12.4. The number of para-hydroxylation sites is 1. The summed E-state index contributed by atoms with van der Waals surface area (Å²) in [6.45, 7) is 3.79. The number of carbonyl (C=O) groups is 1. The van der Waals surface area contributed by atoms with Gasteiger partial charge in [-0.3, -0.25) is 4.79 Å². The van der Waals surface area contributed by atoms with Gasteiger partial charge < -0.3 is 19.5 Å². The van der Waals surface area contributed by atoms with Gasteiger partial charge in [-0.2, -0.15) is 0 Å². The minimum Gasteiger partial charge on any atom is -0.486 e. The minimum absolute atomic E-state index is 0.0298. The summed E-state index contributed by atoms with van der Waals surface area (Å²) >= 11 is 0. The van der Waals surface area contributed by atoms with E-state index in [-0.39, 0.29) is 17.9 Å². The molecule has 0 radical (unpaired) electrons. The molecule has 1 heterocycles. The second-order valence-corrected chi connectivity index (χ2v) is 7.68. The summed E-state index contributed by atoms with van der Waals surface area (Å²) < 4.78 is 17.1. The van der Waals surface area contributed by atoms with Crippen molar-refractivity contribution in [3.63, 3.8) is 0 Å². The van der Waals surface area contributed by atoms with Crippen LogP contribution in [0.2, 0.25) is 0 Å². The fraction of sp³-hybridized carbons (Fsp3) is 0.435. The van der Waals surface area contributed by atoms with Crippen LogP contribution in [0.5, 0.6) is 17.2 Å². The average molecular weight is 381 g/mol. The van der Waals surface area contributed by atoms with Crippen molar-refractivity contribution >= 4 is 5.91 Å². The van der Waals surface area contributed by atoms with Gasteiger partial charge in [0.1, 0.15) is 19.0 Å². The van der Waals surface area contributed by atoms with Crippen LogP contribution in [0, 0.1) is 6.92 Å². The van der Waals surface area contributed by atoms with Gasteiger partial charge in [0.25, 0.3) is 5.91 Å². The van der Waals surface area contributed by atoms with Crippen molar-refractivity contribution in [1.82, 2.24) is 5.32 Å². The van der Waals surface area contributed by atoms with Crippen LogP contribution in [0.15, 0.2) is 42.5 Å². The van der Waals surface area contributed by atoms with E-state index in [0.29, 0.717) is 19.8 Å². The number of hydrogen-bond acceptors (Lipinski definition) is 4. The molecule has 1 aliphatic carbocycles. The first kappa shape index (κ1) is 18.7. The Morgan fingerprint density at radius 1 is 1.07 bits per heavy atom. The number of nitrogens with one attached hydrogen (secondary N) is 1. The van der Waals surface area contributed by atoms with Crippen LogP contribution in [0.3, 0.4) is 0 Å². The van der Waals surface area contributed by atoms with Crippen molar-refractivity contribution in [2.45, 2.75) is 38.0 Å². The monoisotopic (exact) mass is 381 g/mol. The number of aryl methyl sites for hydroxylation is 1. The molecule has 1 saturated carbocycles. The molecule has 0 spiro atoms. The van der Waals surface area contributed by atoms with E-state index in [1.807, 2.05) is 37.3 Å². The number of fused-ring (bicyclic) bond motifs is 1. The maximum atomic E-state index is 12.4. The van der Waals surface area contributed by atoms with Crippen molar-refractivity contribution < 1.29 is 19.0 Å². The lowest BCUT2D eigenvalue weighted by atomic mass is 9.78. The normalized spacial score (nSPS) is 17.2. The van der Waals surface area contributed by atoms with E-state index in [9.17, 15) is 4.79 Å². The highest BCUT2D eigenvalue weighted by molar-refractivity contribution is 5.77. The van der Waals surface area contributed by atoms with E-state index >= 15 is 0 Å². The van der Waals surface area contributed by atoms with E-state index in [0.717, 1.165) is 35.7 Å². The van der Waals surface area contributed by atoms with E-state index in [1.54, 1.807) is 0 Å². The molecular formula is C23H27NO4. The lowest BCUT2D eigenvalue weighted by molar-refractivity contribution is -0.123. The van der Waals surface area contributed by atoms with Crippen LogP contribution >= 0.6 is 0 Å². The van der Waals surface area contributed by atoms with Crippen molar-refractivity contribution in [1.29, 1.82) is 0 Å². The zero-order valence-electron chi connectivity index (χ0n) is 16.3. The molecule has 5 heteroatoms. The predicted molar refractivity (Wildman–Crippen MR) is 107 cm³/mol. The first-order valence-electron chi connectivity index (χ1n) is 10.0. The van der Waals surface area contributed by atoms with Crippen LogP contribution < -0.4 is 19.5 Å². The largest absolute Gasteiger partial charge is 0.486 e. The van der Waals surface area contributed by atoms with Crippen LogP contribution in [-0.4, -0.2) is 32.3 Å². The zero-order valence-corrected chi connectivity index (χ0v) is 16.3. The first-order valence-corrected chi connectivity index (χ1v) is 10.0. The summed E-state index contributed by atoms with van der Waals surface area (Å²) in [4.78, 5) is 12.4. The second-order valence-electron chi connectivity index (χ2n) is 7.68. The van der Waals surface area contributed by atoms with E-state index < -0.39 is 0 Å². The van der Waals surface area contributed by atoms with Crippen molar-refractivity contribution in [3.05, 3.63) is 53.6 Å². The van der Waals surface area contributed by atoms with Gasteiger partial charge in [-0.15, -0.1) is 0 Å². The van der Waals surface area contributed by atoms with Crippen molar-refractivity contribution in [2.75, 3.05) is 26.4 Å². The number of rotatable bonds is 6.